The van der Waals surface area contributed by atoms with Crippen molar-refractivity contribution < 1.29 is 9.90 Å². The normalized spacial score (nSPS) is 26.5. The lowest BCUT2D eigenvalue weighted by Crippen LogP contribution is -2.42. The van der Waals surface area contributed by atoms with Crippen LogP contribution in [0.1, 0.15) is 19.3 Å². The number of aliphatic hydroxyl groups is 1. The molecule has 1 rings (SSSR count). The Morgan fingerprint density at radius 2 is 2.13 bits per heavy atom. The third kappa shape index (κ3) is 3.08. The van der Waals surface area contributed by atoms with E-state index in [0.717, 1.165) is 0 Å². The average molecular weight is 225 g/mol. The van der Waals surface area contributed by atoms with E-state index >= 15 is 0 Å². The molecule has 4 heteroatoms. The smallest absolute Gasteiger partial charge is 0.224 e. The first-order chi connectivity index (χ1) is 6.75. The highest BCUT2D eigenvalue weighted by molar-refractivity contribution is 6.83. The first-order valence-electron chi connectivity index (χ1n) is 5.24. The Labute approximate surface area is 92.5 Å². The van der Waals surface area contributed by atoms with Crippen LogP contribution in [0.15, 0.2) is 0 Å². The predicted molar refractivity (Wildman–Crippen MR) is 62.7 cm³/mol. The molecule has 15 heavy (non-hydrogen) atoms. The van der Waals surface area contributed by atoms with E-state index in [4.69, 9.17) is 0 Å². The summed E-state index contributed by atoms with van der Waals surface area (Å²) in [4.78, 5) is 12.7. The fourth-order valence-electron chi connectivity index (χ4n) is 1.53. The lowest BCUT2D eigenvalue weighted by atomic mass is 10.1. The van der Waals surface area contributed by atoms with Gasteiger partial charge in [0.05, 0.1) is 6.42 Å². The zero-order chi connectivity index (χ0) is 11.7. The van der Waals surface area contributed by atoms with Crippen molar-refractivity contribution in [1.29, 1.82) is 0 Å². The van der Waals surface area contributed by atoms with Crippen LogP contribution in [0.2, 0.25) is 19.6 Å². The van der Waals surface area contributed by atoms with Crippen molar-refractivity contribution >= 4 is 14.0 Å². The van der Waals surface area contributed by atoms with Crippen LogP contribution in [0.3, 0.4) is 0 Å². The molecule has 1 atom stereocenters. The molecule has 1 N–H and O–H groups in total. The summed E-state index contributed by atoms with van der Waals surface area (Å²) in [5.74, 6) is 3.03. The van der Waals surface area contributed by atoms with Gasteiger partial charge in [0.1, 0.15) is 8.07 Å². The number of likely N-dealkylation sites (tertiary alicyclic amines) is 1. The molecule has 0 aromatic heterocycles. The molecule has 0 bridgehead atoms. The van der Waals surface area contributed by atoms with Crippen LogP contribution < -0.4 is 0 Å². The van der Waals surface area contributed by atoms with Crippen LogP contribution >= 0.6 is 0 Å². The van der Waals surface area contributed by atoms with Crippen molar-refractivity contribution in [3.8, 4) is 11.5 Å². The van der Waals surface area contributed by atoms with Gasteiger partial charge in [-0.25, -0.2) is 0 Å². The predicted octanol–water partition coefficient (Wildman–Crippen LogP) is 1.20. The first kappa shape index (κ1) is 12.3. The van der Waals surface area contributed by atoms with Crippen LogP contribution in [-0.4, -0.2) is 36.8 Å². The zero-order valence-electron chi connectivity index (χ0n) is 9.92. The van der Waals surface area contributed by atoms with Gasteiger partial charge in [0, 0.05) is 19.9 Å². The van der Waals surface area contributed by atoms with Crippen molar-refractivity contribution in [2.24, 2.45) is 0 Å². The fourth-order valence-corrected chi connectivity index (χ4v) is 2.15. The van der Waals surface area contributed by atoms with Crippen LogP contribution in [0.4, 0.5) is 0 Å². The van der Waals surface area contributed by atoms with E-state index in [2.05, 4.69) is 31.1 Å². The monoisotopic (exact) mass is 225 g/mol. The highest BCUT2D eigenvalue weighted by Crippen LogP contribution is 2.28. The van der Waals surface area contributed by atoms with E-state index in [1.807, 2.05) is 0 Å². The standard InChI is InChI=1S/C11H19NO2Si/c1-12-10(13)6-8-11(12,14)7-5-9-15(2,3)4/h14H,6-8H2,1-4H3. The summed E-state index contributed by atoms with van der Waals surface area (Å²) in [7, 11) is 0.268. The molecule has 1 saturated heterocycles. The summed E-state index contributed by atoms with van der Waals surface area (Å²) >= 11 is 0. The van der Waals surface area contributed by atoms with E-state index in [1.165, 1.54) is 4.90 Å². The third-order valence-corrected chi connectivity index (χ3v) is 3.50. The van der Waals surface area contributed by atoms with Gasteiger partial charge in [-0.3, -0.25) is 4.79 Å². The van der Waals surface area contributed by atoms with E-state index in [-0.39, 0.29) is 5.91 Å². The molecule has 1 aliphatic heterocycles. The molecule has 1 aliphatic rings. The highest BCUT2D eigenvalue weighted by Gasteiger charge is 2.40. The van der Waals surface area contributed by atoms with Crippen molar-refractivity contribution in [3.05, 3.63) is 0 Å². The summed E-state index contributed by atoms with van der Waals surface area (Å²) < 4.78 is 0. The lowest BCUT2D eigenvalue weighted by Gasteiger charge is -2.28. The molecule has 1 amide bonds. The fraction of sp³-hybridized carbons (Fsp3) is 0.727. The summed E-state index contributed by atoms with van der Waals surface area (Å²) in [5.41, 5.74) is 2.18. The van der Waals surface area contributed by atoms with Gasteiger partial charge in [-0.05, 0) is 0 Å². The molecule has 3 nitrogen and oxygen atoms in total. The van der Waals surface area contributed by atoms with E-state index in [9.17, 15) is 9.90 Å². The molecule has 84 valence electrons. The maximum Gasteiger partial charge on any atom is 0.224 e. The van der Waals surface area contributed by atoms with Crippen molar-refractivity contribution in [3.63, 3.8) is 0 Å². The second kappa shape index (κ2) is 3.99. The largest absolute Gasteiger partial charge is 0.370 e. The average Bonchev–Trinajstić information content (AvgIpc) is 2.32. The van der Waals surface area contributed by atoms with Gasteiger partial charge < -0.3 is 10.0 Å². The minimum Gasteiger partial charge on any atom is -0.370 e. The molecular weight excluding hydrogens is 206 g/mol. The van der Waals surface area contributed by atoms with E-state index in [1.54, 1.807) is 7.05 Å². The molecule has 0 aliphatic carbocycles. The number of carbonyl (C=O) groups excluding carboxylic acids is 1. The molecule has 0 aromatic rings. The van der Waals surface area contributed by atoms with Crippen LogP contribution in [0.25, 0.3) is 0 Å². The molecule has 1 heterocycles. The Balaban J connectivity index is 2.65. The quantitative estimate of drug-likeness (QED) is 0.538. The van der Waals surface area contributed by atoms with Crippen molar-refractivity contribution in [2.45, 2.75) is 44.6 Å². The number of carbonyl (C=O) groups is 1. The summed E-state index contributed by atoms with van der Waals surface area (Å²) in [5, 5.41) is 10.1. The molecular formula is C11H19NO2Si. The van der Waals surface area contributed by atoms with Gasteiger partial charge >= 0.3 is 0 Å². The molecule has 1 unspecified atom stereocenters. The van der Waals surface area contributed by atoms with Gasteiger partial charge in [-0.15, -0.1) is 11.5 Å². The number of hydrogen-bond donors (Lipinski definition) is 1. The Hall–Kier alpha value is -0.793. The molecule has 0 radical (unpaired) electrons. The second-order valence-electron chi connectivity index (χ2n) is 5.16. The molecule has 0 saturated carbocycles. The molecule has 1 fully saturated rings. The number of hydrogen-bond acceptors (Lipinski definition) is 2. The van der Waals surface area contributed by atoms with Crippen LogP contribution in [-0.2, 0) is 4.79 Å². The molecule has 0 spiro atoms. The first-order valence-corrected chi connectivity index (χ1v) is 8.74. The second-order valence-corrected chi connectivity index (χ2v) is 9.91. The van der Waals surface area contributed by atoms with Crippen LogP contribution in [0.5, 0.6) is 0 Å². The Morgan fingerprint density at radius 1 is 1.53 bits per heavy atom. The van der Waals surface area contributed by atoms with Gasteiger partial charge in [0.15, 0.2) is 5.72 Å². The van der Waals surface area contributed by atoms with Crippen molar-refractivity contribution in [2.75, 3.05) is 7.05 Å². The highest BCUT2D eigenvalue weighted by atomic mass is 28.3. The Kier molecular flexibility index (Phi) is 3.27. The van der Waals surface area contributed by atoms with Gasteiger partial charge in [-0.1, -0.05) is 19.6 Å². The van der Waals surface area contributed by atoms with Crippen LogP contribution in [0, 0.1) is 11.5 Å². The Bertz CT molecular complexity index is 324. The SMILES string of the molecule is CN1C(=O)CCC1(O)CC#C[Si](C)(C)C. The van der Waals surface area contributed by atoms with Crippen molar-refractivity contribution in [1.82, 2.24) is 4.90 Å². The molecule has 0 aromatic carbocycles. The van der Waals surface area contributed by atoms with Gasteiger partial charge in [0.2, 0.25) is 5.91 Å². The summed E-state index contributed by atoms with van der Waals surface area (Å²) in [6.45, 7) is 6.48. The minimum atomic E-state index is -1.38. The number of amides is 1. The lowest BCUT2D eigenvalue weighted by molar-refractivity contribution is -0.140. The maximum absolute atomic E-state index is 11.3. The number of rotatable bonds is 1. The maximum atomic E-state index is 11.3. The summed E-state index contributed by atoms with van der Waals surface area (Å²) in [6, 6.07) is 0. The van der Waals surface area contributed by atoms with E-state index < -0.39 is 13.8 Å². The van der Waals surface area contributed by atoms with E-state index in [0.29, 0.717) is 19.3 Å². The summed E-state index contributed by atoms with van der Waals surface area (Å²) in [6.07, 6.45) is 1.31. The van der Waals surface area contributed by atoms with Gasteiger partial charge in [0.25, 0.3) is 0 Å². The minimum absolute atomic E-state index is 0.00676. The van der Waals surface area contributed by atoms with Gasteiger partial charge in [-0.2, -0.15) is 0 Å². The number of nitrogens with zero attached hydrogens (tertiary/aromatic N) is 1. The third-order valence-electron chi connectivity index (χ3n) is 2.57. The topological polar surface area (TPSA) is 40.5 Å². The zero-order valence-corrected chi connectivity index (χ0v) is 10.9. The Morgan fingerprint density at radius 3 is 2.53 bits per heavy atom.